The maximum Gasteiger partial charge on any atom is 0.0547 e. The van der Waals surface area contributed by atoms with Crippen molar-refractivity contribution in [2.24, 2.45) is 0 Å². The summed E-state index contributed by atoms with van der Waals surface area (Å²) in [6.45, 7) is 4.21. The molecule has 4 nitrogen and oxygen atoms in total. The van der Waals surface area contributed by atoms with E-state index in [0.29, 0.717) is 6.04 Å². The average molecular weight is 262 g/mol. The fourth-order valence-electron chi connectivity index (χ4n) is 2.72. The minimum absolute atomic E-state index is 0.700. The van der Waals surface area contributed by atoms with Crippen LogP contribution in [-0.2, 0) is 13.1 Å². The molecule has 0 saturated carbocycles. The summed E-state index contributed by atoms with van der Waals surface area (Å²) in [5, 5.41) is 3.15. The monoisotopic (exact) mass is 262 g/mol. The van der Waals surface area contributed by atoms with E-state index in [1.807, 2.05) is 7.05 Å². The predicted octanol–water partition coefficient (Wildman–Crippen LogP) is 1.33. The molecule has 1 aromatic heterocycles. The van der Waals surface area contributed by atoms with Crippen molar-refractivity contribution in [3.8, 4) is 0 Å². The van der Waals surface area contributed by atoms with Crippen LogP contribution in [0.4, 0.5) is 0 Å². The topological polar surface area (TPSA) is 31.4 Å². The Balaban J connectivity index is 1.90. The number of nitrogens with zero attached hydrogens (tertiary/aromatic N) is 3. The molecule has 0 aromatic carbocycles. The van der Waals surface area contributed by atoms with E-state index in [0.717, 1.165) is 18.8 Å². The Morgan fingerprint density at radius 2 is 2.00 bits per heavy atom. The van der Waals surface area contributed by atoms with Gasteiger partial charge in [0.05, 0.1) is 11.4 Å². The highest BCUT2D eigenvalue weighted by Crippen LogP contribution is 2.16. The van der Waals surface area contributed by atoms with Gasteiger partial charge < -0.3 is 10.2 Å². The Morgan fingerprint density at radius 3 is 2.68 bits per heavy atom. The molecule has 1 aliphatic heterocycles. The van der Waals surface area contributed by atoms with Gasteiger partial charge in [0.15, 0.2) is 0 Å². The molecule has 0 aliphatic carbocycles. The van der Waals surface area contributed by atoms with Crippen LogP contribution in [0.15, 0.2) is 18.2 Å². The van der Waals surface area contributed by atoms with Gasteiger partial charge in [-0.25, -0.2) is 0 Å². The van der Waals surface area contributed by atoms with Gasteiger partial charge in [-0.1, -0.05) is 6.07 Å². The fraction of sp³-hybridized carbons (Fsp3) is 0.667. The molecule has 2 heterocycles. The summed E-state index contributed by atoms with van der Waals surface area (Å²) in [4.78, 5) is 9.57. The molecular formula is C15H26N4. The van der Waals surface area contributed by atoms with E-state index < -0.39 is 0 Å². The number of likely N-dealkylation sites (tertiary alicyclic amines) is 1. The van der Waals surface area contributed by atoms with Gasteiger partial charge in [0, 0.05) is 19.1 Å². The molecular weight excluding hydrogens is 236 g/mol. The Hall–Kier alpha value is -0.970. The second-order valence-electron chi connectivity index (χ2n) is 5.60. The van der Waals surface area contributed by atoms with Gasteiger partial charge >= 0.3 is 0 Å². The molecule has 106 valence electrons. The van der Waals surface area contributed by atoms with Gasteiger partial charge in [0.1, 0.15) is 0 Å². The minimum atomic E-state index is 0.700. The van der Waals surface area contributed by atoms with E-state index >= 15 is 0 Å². The van der Waals surface area contributed by atoms with Crippen molar-refractivity contribution in [2.45, 2.75) is 32.0 Å². The Kier molecular flexibility index (Phi) is 5.31. The van der Waals surface area contributed by atoms with E-state index in [4.69, 9.17) is 4.98 Å². The lowest BCUT2D eigenvalue weighted by Crippen LogP contribution is -2.41. The standard InChI is InChI=1S/C15H26N4/c1-16-11-13-5-4-6-14(17-13)12-19(3)15-7-9-18(2)10-8-15/h4-6,15-16H,7-12H2,1-3H3. The maximum absolute atomic E-state index is 4.70. The quantitative estimate of drug-likeness (QED) is 0.867. The van der Waals surface area contributed by atoms with Crippen molar-refractivity contribution in [1.29, 1.82) is 0 Å². The van der Waals surface area contributed by atoms with Crippen molar-refractivity contribution in [1.82, 2.24) is 20.1 Å². The number of hydrogen-bond acceptors (Lipinski definition) is 4. The second kappa shape index (κ2) is 6.98. The SMILES string of the molecule is CNCc1cccc(CN(C)C2CCN(C)CC2)n1. The first-order valence-electron chi connectivity index (χ1n) is 7.17. The van der Waals surface area contributed by atoms with E-state index in [9.17, 15) is 0 Å². The van der Waals surface area contributed by atoms with E-state index in [2.05, 4.69) is 47.4 Å². The lowest BCUT2D eigenvalue weighted by atomic mass is 10.0. The van der Waals surface area contributed by atoms with Gasteiger partial charge in [-0.2, -0.15) is 0 Å². The number of pyridine rings is 1. The highest BCUT2D eigenvalue weighted by atomic mass is 15.2. The van der Waals surface area contributed by atoms with Crippen LogP contribution < -0.4 is 5.32 Å². The van der Waals surface area contributed by atoms with Crippen LogP contribution in [0.3, 0.4) is 0 Å². The average Bonchev–Trinajstić information content (AvgIpc) is 2.40. The molecule has 19 heavy (non-hydrogen) atoms. The summed E-state index contributed by atoms with van der Waals surface area (Å²) in [5.41, 5.74) is 2.30. The number of aromatic nitrogens is 1. The molecule has 0 atom stereocenters. The molecule has 2 rings (SSSR count). The Bertz CT molecular complexity index is 385. The van der Waals surface area contributed by atoms with Gasteiger partial charge in [-0.05, 0) is 59.2 Å². The molecule has 0 unspecified atom stereocenters. The first kappa shape index (κ1) is 14.4. The van der Waals surface area contributed by atoms with Gasteiger partial charge in [0.2, 0.25) is 0 Å². The molecule has 0 spiro atoms. The minimum Gasteiger partial charge on any atom is -0.314 e. The summed E-state index contributed by atoms with van der Waals surface area (Å²) in [7, 11) is 6.39. The molecule has 1 aromatic rings. The first-order chi connectivity index (χ1) is 9.19. The van der Waals surface area contributed by atoms with Crippen LogP contribution in [0.1, 0.15) is 24.2 Å². The summed E-state index contributed by atoms with van der Waals surface area (Å²) in [6.07, 6.45) is 2.53. The predicted molar refractivity (Wildman–Crippen MR) is 79.0 cm³/mol. The van der Waals surface area contributed by atoms with E-state index in [1.165, 1.54) is 31.6 Å². The van der Waals surface area contributed by atoms with Crippen LogP contribution in [0, 0.1) is 0 Å². The molecule has 1 saturated heterocycles. The molecule has 1 fully saturated rings. The van der Waals surface area contributed by atoms with Crippen molar-refractivity contribution in [3.05, 3.63) is 29.6 Å². The van der Waals surface area contributed by atoms with E-state index in [1.54, 1.807) is 0 Å². The van der Waals surface area contributed by atoms with Crippen LogP contribution in [0.5, 0.6) is 0 Å². The van der Waals surface area contributed by atoms with Gasteiger partial charge in [-0.3, -0.25) is 9.88 Å². The summed E-state index contributed by atoms with van der Waals surface area (Å²) in [5.74, 6) is 0. The zero-order valence-corrected chi connectivity index (χ0v) is 12.4. The number of nitrogens with one attached hydrogen (secondary N) is 1. The van der Waals surface area contributed by atoms with Crippen LogP contribution in [0.2, 0.25) is 0 Å². The third-order valence-electron chi connectivity index (χ3n) is 3.95. The Labute approximate surface area is 116 Å². The highest BCUT2D eigenvalue weighted by Gasteiger charge is 2.20. The second-order valence-corrected chi connectivity index (χ2v) is 5.60. The fourth-order valence-corrected chi connectivity index (χ4v) is 2.72. The molecule has 0 bridgehead atoms. The largest absolute Gasteiger partial charge is 0.314 e. The molecule has 1 aliphatic rings. The normalized spacial score (nSPS) is 18.1. The van der Waals surface area contributed by atoms with Crippen LogP contribution >= 0.6 is 0 Å². The summed E-state index contributed by atoms with van der Waals surface area (Å²) in [6, 6.07) is 7.02. The van der Waals surface area contributed by atoms with Gasteiger partial charge in [0.25, 0.3) is 0 Å². The third-order valence-corrected chi connectivity index (χ3v) is 3.95. The number of piperidine rings is 1. The van der Waals surface area contributed by atoms with Crippen molar-refractivity contribution in [2.75, 3.05) is 34.2 Å². The lowest BCUT2D eigenvalue weighted by molar-refractivity contribution is 0.138. The number of rotatable bonds is 5. The van der Waals surface area contributed by atoms with Crippen LogP contribution in [-0.4, -0.2) is 55.1 Å². The molecule has 0 amide bonds. The number of hydrogen-bond donors (Lipinski definition) is 1. The van der Waals surface area contributed by atoms with Crippen molar-refractivity contribution < 1.29 is 0 Å². The summed E-state index contributed by atoms with van der Waals surface area (Å²) < 4.78 is 0. The van der Waals surface area contributed by atoms with Crippen molar-refractivity contribution >= 4 is 0 Å². The van der Waals surface area contributed by atoms with Gasteiger partial charge in [-0.15, -0.1) is 0 Å². The Morgan fingerprint density at radius 1 is 1.32 bits per heavy atom. The molecule has 0 radical (unpaired) electrons. The van der Waals surface area contributed by atoms with E-state index in [-0.39, 0.29) is 0 Å². The first-order valence-corrected chi connectivity index (χ1v) is 7.17. The zero-order chi connectivity index (χ0) is 13.7. The van der Waals surface area contributed by atoms with Crippen LogP contribution in [0.25, 0.3) is 0 Å². The molecule has 4 heteroatoms. The third kappa shape index (κ3) is 4.27. The lowest BCUT2D eigenvalue weighted by Gasteiger charge is -2.35. The highest BCUT2D eigenvalue weighted by molar-refractivity contribution is 5.11. The smallest absolute Gasteiger partial charge is 0.0547 e. The molecule has 1 N–H and O–H groups in total. The van der Waals surface area contributed by atoms with Crippen molar-refractivity contribution in [3.63, 3.8) is 0 Å². The zero-order valence-electron chi connectivity index (χ0n) is 12.4. The maximum atomic E-state index is 4.70. The summed E-state index contributed by atoms with van der Waals surface area (Å²) >= 11 is 0.